The molecule has 1 heterocycles. The Hall–Kier alpha value is -1.68. The van der Waals surface area contributed by atoms with Gasteiger partial charge in [-0.2, -0.15) is 0 Å². The van der Waals surface area contributed by atoms with Crippen LogP contribution in [0.5, 0.6) is 0 Å². The van der Waals surface area contributed by atoms with Gasteiger partial charge in [-0.3, -0.25) is 4.79 Å². The molecule has 5 heteroatoms. The fourth-order valence-electron chi connectivity index (χ4n) is 1.82. The Morgan fingerprint density at radius 1 is 1.41 bits per heavy atom. The van der Waals surface area contributed by atoms with Crippen LogP contribution in [0.25, 0.3) is 10.9 Å². The van der Waals surface area contributed by atoms with Gasteiger partial charge in [0, 0.05) is 22.9 Å². The molecule has 3 N–H and O–H groups in total. The summed E-state index contributed by atoms with van der Waals surface area (Å²) in [5.41, 5.74) is 7.86. The Balaban J connectivity index is 0.00000144. The van der Waals surface area contributed by atoms with E-state index >= 15 is 0 Å². The van der Waals surface area contributed by atoms with Crippen molar-refractivity contribution in [1.82, 2.24) is 4.98 Å². The number of hydrogen-bond acceptors (Lipinski definition) is 3. The highest BCUT2D eigenvalue weighted by Crippen LogP contribution is 2.25. The zero-order valence-corrected chi connectivity index (χ0v) is 10.3. The van der Waals surface area contributed by atoms with Crippen LogP contribution in [0.15, 0.2) is 24.3 Å². The summed E-state index contributed by atoms with van der Waals surface area (Å²) in [6.07, 6.45) is 0.949. The Bertz CT molecular complexity index is 522. The van der Waals surface area contributed by atoms with Crippen LogP contribution in [0.4, 0.5) is 5.82 Å². The first kappa shape index (κ1) is 13.4. The second-order valence-electron chi connectivity index (χ2n) is 3.64. The minimum Gasteiger partial charge on any atom is -0.469 e. The summed E-state index contributed by atoms with van der Waals surface area (Å²) in [7, 11) is 1.39. The first-order valence-corrected chi connectivity index (χ1v) is 5.14. The van der Waals surface area contributed by atoms with Crippen LogP contribution < -0.4 is 5.73 Å². The summed E-state index contributed by atoms with van der Waals surface area (Å²) in [6.45, 7) is 0. The largest absolute Gasteiger partial charge is 0.469 e. The zero-order valence-electron chi connectivity index (χ0n) is 9.53. The number of esters is 1. The molecule has 0 aliphatic rings. The third-order valence-corrected chi connectivity index (χ3v) is 2.65. The van der Waals surface area contributed by atoms with Crippen molar-refractivity contribution < 1.29 is 9.53 Å². The molecule has 4 nitrogen and oxygen atoms in total. The van der Waals surface area contributed by atoms with E-state index in [1.807, 2.05) is 24.3 Å². The number of halogens is 1. The monoisotopic (exact) mass is 254 g/mol. The second-order valence-corrected chi connectivity index (χ2v) is 3.64. The maximum absolute atomic E-state index is 11.1. The van der Waals surface area contributed by atoms with E-state index in [-0.39, 0.29) is 18.4 Å². The molecule has 0 spiro atoms. The van der Waals surface area contributed by atoms with Gasteiger partial charge in [0.25, 0.3) is 0 Å². The second kappa shape index (κ2) is 5.59. The lowest BCUT2D eigenvalue weighted by atomic mass is 10.1. The van der Waals surface area contributed by atoms with E-state index in [0.717, 1.165) is 16.5 Å². The highest BCUT2D eigenvalue weighted by atomic mass is 35.5. The molecule has 0 fully saturated rings. The standard InChI is InChI=1S/C12H14N2O2.ClH/c1-16-11(15)7-6-9-8-4-2-3-5-10(8)14-12(9)13;/h2-5,14H,6-7,13H2,1H3;1H. The van der Waals surface area contributed by atoms with Crippen molar-refractivity contribution in [2.75, 3.05) is 12.8 Å². The summed E-state index contributed by atoms with van der Waals surface area (Å²) >= 11 is 0. The Labute approximate surface area is 106 Å². The smallest absolute Gasteiger partial charge is 0.305 e. The number of carbonyl (C=O) groups excluding carboxylic acids is 1. The molecule has 0 aliphatic heterocycles. The lowest BCUT2D eigenvalue weighted by Crippen LogP contribution is -2.02. The minimum absolute atomic E-state index is 0. The van der Waals surface area contributed by atoms with E-state index < -0.39 is 0 Å². The summed E-state index contributed by atoms with van der Waals surface area (Å²) in [5.74, 6) is 0.412. The van der Waals surface area contributed by atoms with Gasteiger partial charge in [0.1, 0.15) is 5.82 Å². The number of aromatic amines is 1. The number of carbonyl (C=O) groups is 1. The molecule has 92 valence electrons. The van der Waals surface area contributed by atoms with E-state index in [2.05, 4.69) is 9.72 Å². The normalized spacial score (nSPS) is 9.94. The fourth-order valence-corrected chi connectivity index (χ4v) is 1.82. The van der Waals surface area contributed by atoms with Crippen LogP contribution in [-0.2, 0) is 16.0 Å². The van der Waals surface area contributed by atoms with Crippen LogP contribution in [0.3, 0.4) is 0 Å². The molecule has 0 bridgehead atoms. The Morgan fingerprint density at radius 2 is 2.12 bits per heavy atom. The minimum atomic E-state index is -0.218. The maximum atomic E-state index is 11.1. The van der Waals surface area contributed by atoms with Crippen molar-refractivity contribution in [2.45, 2.75) is 12.8 Å². The summed E-state index contributed by atoms with van der Waals surface area (Å²) < 4.78 is 4.61. The zero-order chi connectivity index (χ0) is 11.5. The molecule has 0 atom stereocenters. The SMILES string of the molecule is COC(=O)CCc1c(N)[nH]c2ccccc12.Cl. The van der Waals surface area contributed by atoms with Gasteiger partial charge in [-0.25, -0.2) is 0 Å². The van der Waals surface area contributed by atoms with Crippen molar-refractivity contribution in [3.8, 4) is 0 Å². The van der Waals surface area contributed by atoms with Gasteiger partial charge < -0.3 is 15.5 Å². The molecule has 2 aromatic rings. The number of hydrogen-bond donors (Lipinski definition) is 2. The van der Waals surface area contributed by atoms with Crippen LogP contribution in [0, 0.1) is 0 Å². The van der Waals surface area contributed by atoms with E-state index in [9.17, 15) is 4.79 Å². The topological polar surface area (TPSA) is 68.1 Å². The number of nitrogens with two attached hydrogens (primary N) is 1. The number of anilines is 1. The van der Waals surface area contributed by atoms with Gasteiger partial charge in [-0.05, 0) is 12.5 Å². The van der Waals surface area contributed by atoms with Gasteiger partial charge in [0.05, 0.1) is 7.11 Å². The van der Waals surface area contributed by atoms with Crippen LogP contribution in [0.1, 0.15) is 12.0 Å². The van der Waals surface area contributed by atoms with Crippen molar-refractivity contribution in [3.63, 3.8) is 0 Å². The summed E-state index contributed by atoms with van der Waals surface area (Å²) in [4.78, 5) is 14.2. The number of methoxy groups -OCH3 is 1. The average molecular weight is 255 g/mol. The first-order valence-electron chi connectivity index (χ1n) is 5.14. The molecule has 0 saturated heterocycles. The first-order chi connectivity index (χ1) is 7.72. The molecule has 2 rings (SSSR count). The number of benzene rings is 1. The number of aryl methyl sites for hydroxylation is 1. The molecule has 0 aliphatic carbocycles. The number of H-pyrrole nitrogens is 1. The molecule has 17 heavy (non-hydrogen) atoms. The van der Waals surface area contributed by atoms with Gasteiger partial charge in [-0.15, -0.1) is 12.4 Å². The number of aromatic nitrogens is 1. The number of rotatable bonds is 3. The average Bonchev–Trinajstić information content (AvgIpc) is 2.62. The summed E-state index contributed by atoms with van der Waals surface area (Å²) in [6, 6.07) is 7.86. The highest BCUT2D eigenvalue weighted by Gasteiger charge is 2.10. The van der Waals surface area contributed by atoms with E-state index in [1.54, 1.807) is 0 Å². The number of fused-ring (bicyclic) bond motifs is 1. The van der Waals surface area contributed by atoms with Crippen molar-refractivity contribution in [2.24, 2.45) is 0 Å². The maximum Gasteiger partial charge on any atom is 0.305 e. The molecule has 0 amide bonds. The molecule has 0 saturated carbocycles. The molecular formula is C12H15ClN2O2. The molecule has 1 aromatic heterocycles. The Kier molecular flexibility index (Phi) is 4.40. The Morgan fingerprint density at radius 3 is 2.82 bits per heavy atom. The van der Waals surface area contributed by atoms with Gasteiger partial charge in [0.15, 0.2) is 0 Å². The van der Waals surface area contributed by atoms with Gasteiger partial charge in [0.2, 0.25) is 0 Å². The lowest BCUT2D eigenvalue weighted by Gasteiger charge is -2.00. The third-order valence-electron chi connectivity index (χ3n) is 2.65. The fraction of sp³-hybridized carbons (Fsp3) is 0.250. The predicted octanol–water partition coefficient (Wildman–Crippen LogP) is 2.28. The van der Waals surface area contributed by atoms with Crippen LogP contribution in [-0.4, -0.2) is 18.1 Å². The van der Waals surface area contributed by atoms with Crippen molar-refractivity contribution in [1.29, 1.82) is 0 Å². The quantitative estimate of drug-likeness (QED) is 0.826. The highest BCUT2D eigenvalue weighted by molar-refractivity contribution is 5.88. The molecule has 0 unspecified atom stereocenters. The van der Waals surface area contributed by atoms with Gasteiger partial charge >= 0.3 is 5.97 Å². The number of para-hydroxylation sites is 1. The van der Waals surface area contributed by atoms with Gasteiger partial charge in [-0.1, -0.05) is 18.2 Å². The van der Waals surface area contributed by atoms with Crippen molar-refractivity contribution >= 4 is 35.1 Å². The number of ether oxygens (including phenoxy) is 1. The summed E-state index contributed by atoms with van der Waals surface area (Å²) in [5, 5.41) is 1.07. The van der Waals surface area contributed by atoms with E-state index in [0.29, 0.717) is 18.7 Å². The van der Waals surface area contributed by atoms with E-state index in [4.69, 9.17) is 5.73 Å². The molecule has 0 radical (unpaired) electrons. The van der Waals surface area contributed by atoms with Crippen LogP contribution in [0.2, 0.25) is 0 Å². The third kappa shape index (κ3) is 2.71. The number of nitrogens with one attached hydrogen (secondary N) is 1. The predicted molar refractivity (Wildman–Crippen MR) is 70.3 cm³/mol. The van der Waals surface area contributed by atoms with E-state index in [1.165, 1.54) is 7.11 Å². The molecular weight excluding hydrogens is 240 g/mol. The van der Waals surface area contributed by atoms with Crippen LogP contribution >= 0.6 is 12.4 Å². The number of nitrogen functional groups attached to an aromatic ring is 1. The molecule has 1 aromatic carbocycles. The lowest BCUT2D eigenvalue weighted by molar-refractivity contribution is -0.140. The van der Waals surface area contributed by atoms with Crippen molar-refractivity contribution in [3.05, 3.63) is 29.8 Å².